The summed E-state index contributed by atoms with van der Waals surface area (Å²) in [5.74, 6) is -1.77. The quantitative estimate of drug-likeness (QED) is 0.137. The van der Waals surface area contributed by atoms with Crippen LogP contribution in [0, 0.1) is 13.8 Å². The summed E-state index contributed by atoms with van der Waals surface area (Å²) in [5, 5.41) is 20.5. The van der Waals surface area contributed by atoms with Crippen LogP contribution in [0.25, 0.3) is 11.1 Å². The number of aliphatic hydroxyl groups is 2. The van der Waals surface area contributed by atoms with Gasteiger partial charge in [-0.3, -0.25) is 9.11 Å². The number of nitrogens with two attached hydrogens (primary N) is 2. The number of hydrogen-bond donors (Lipinski definition) is 6. The third-order valence-electron chi connectivity index (χ3n) is 5.10. The van der Waals surface area contributed by atoms with Gasteiger partial charge in [-0.05, 0) is 65.4 Å². The van der Waals surface area contributed by atoms with Gasteiger partial charge in [-0.1, -0.05) is 6.07 Å². The van der Waals surface area contributed by atoms with Crippen LogP contribution in [0.4, 0.5) is 11.4 Å². The SMILES string of the molecule is Cc1cc(-c2c(CC(O)CS(=O)(=O)O)cc(N)c(C)c2CC(O)CS(=O)(=O)O)ccc1N.[NaH].[NaH]. The molecular formula is C20H30N2Na2O8S2. The molecule has 34 heavy (non-hydrogen) atoms. The molecule has 2 atom stereocenters. The number of aryl methyl sites for hydroxylation is 1. The molecule has 0 fully saturated rings. The van der Waals surface area contributed by atoms with E-state index in [-0.39, 0.29) is 77.6 Å². The monoisotopic (exact) mass is 536 g/mol. The molecule has 0 aromatic heterocycles. The van der Waals surface area contributed by atoms with E-state index < -0.39 is 43.9 Å². The van der Waals surface area contributed by atoms with Crippen molar-refractivity contribution in [3.63, 3.8) is 0 Å². The van der Waals surface area contributed by atoms with Gasteiger partial charge in [0, 0.05) is 24.2 Å². The van der Waals surface area contributed by atoms with Crippen molar-refractivity contribution >= 4 is 90.7 Å². The van der Waals surface area contributed by atoms with Gasteiger partial charge in [-0.15, -0.1) is 0 Å². The number of benzene rings is 2. The summed E-state index contributed by atoms with van der Waals surface area (Å²) >= 11 is 0. The molecule has 2 rings (SSSR count). The Morgan fingerprint density at radius 3 is 1.79 bits per heavy atom. The molecule has 0 bridgehead atoms. The average Bonchev–Trinajstić information content (AvgIpc) is 2.59. The fourth-order valence-corrected chi connectivity index (χ4v) is 4.83. The molecule has 0 aliphatic rings. The molecule has 0 aliphatic carbocycles. The number of aliphatic hydroxyl groups excluding tert-OH is 2. The molecule has 0 radical (unpaired) electrons. The fraction of sp³-hybridized carbons (Fsp3) is 0.400. The van der Waals surface area contributed by atoms with Gasteiger partial charge >= 0.3 is 59.1 Å². The van der Waals surface area contributed by atoms with Crippen LogP contribution in [-0.2, 0) is 33.1 Å². The Labute approximate surface area is 244 Å². The predicted molar refractivity (Wildman–Crippen MR) is 137 cm³/mol. The van der Waals surface area contributed by atoms with Gasteiger partial charge in [0.25, 0.3) is 20.2 Å². The van der Waals surface area contributed by atoms with Crippen LogP contribution >= 0.6 is 0 Å². The Morgan fingerprint density at radius 1 is 0.824 bits per heavy atom. The van der Waals surface area contributed by atoms with E-state index in [4.69, 9.17) is 20.6 Å². The number of rotatable bonds is 9. The van der Waals surface area contributed by atoms with E-state index in [0.29, 0.717) is 33.5 Å². The summed E-state index contributed by atoms with van der Waals surface area (Å²) in [4.78, 5) is 0. The molecule has 8 N–H and O–H groups in total. The van der Waals surface area contributed by atoms with E-state index in [1.54, 1.807) is 38.1 Å². The zero-order valence-electron chi connectivity index (χ0n) is 17.7. The van der Waals surface area contributed by atoms with E-state index in [0.717, 1.165) is 5.56 Å². The first-order chi connectivity index (χ1) is 14.6. The molecule has 2 unspecified atom stereocenters. The summed E-state index contributed by atoms with van der Waals surface area (Å²) < 4.78 is 62.9. The van der Waals surface area contributed by atoms with E-state index in [1.807, 2.05) is 0 Å². The Hall–Kier alpha value is -0.220. The van der Waals surface area contributed by atoms with Crippen LogP contribution in [0.3, 0.4) is 0 Å². The molecule has 182 valence electrons. The van der Waals surface area contributed by atoms with Crippen LogP contribution in [0.15, 0.2) is 24.3 Å². The molecule has 0 aliphatic heterocycles. The normalized spacial score (nSPS) is 13.5. The predicted octanol–water partition coefficient (Wildman–Crippen LogP) is -0.580. The second kappa shape index (κ2) is 13.4. The summed E-state index contributed by atoms with van der Waals surface area (Å²) in [6.45, 7) is 3.46. The maximum absolute atomic E-state index is 11.2. The minimum absolute atomic E-state index is 0. The Morgan fingerprint density at radius 2 is 1.32 bits per heavy atom. The molecule has 0 spiro atoms. The van der Waals surface area contributed by atoms with Crippen molar-refractivity contribution in [3.05, 3.63) is 46.5 Å². The van der Waals surface area contributed by atoms with Crippen molar-refractivity contribution in [2.45, 2.75) is 38.9 Å². The third-order valence-corrected chi connectivity index (χ3v) is 6.71. The summed E-state index contributed by atoms with van der Waals surface area (Å²) in [6, 6.07) is 6.68. The van der Waals surface area contributed by atoms with Gasteiger partial charge in [-0.25, -0.2) is 0 Å². The summed E-state index contributed by atoms with van der Waals surface area (Å²) in [6.07, 6.45) is -3.27. The van der Waals surface area contributed by atoms with E-state index >= 15 is 0 Å². The molecule has 0 saturated heterocycles. The fourth-order valence-electron chi connectivity index (χ4n) is 3.62. The summed E-state index contributed by atoms with van der Waals surface area (Å²) in [5.41, 5.74) is 16.2. The van der Waals surface area contributed by atoms with Gasteiger partial charge in [0.15, 0.2) is 0 Å². The molecule has 10 nitrogen and oxygen atoms in total. The first-order valence-electron chi connectivity index (χ1n) is 9.61. The first-order valence-corrected chi connectivity index (χ1v) is 12.8. The number of nitrogen functional groups attached to an aromatic ring is 2. The van der Waals surface area contributed by atoms with Crippen molar-refractivity contribution in [3.8, 4) is 11.1 Å². The Balaban J connectivity index is 0.00000544. The van der Waals surface area contributed by atoms with Gasteiger partial charge in [0.1, 0.15) is 11.5 Å². The van der Waals surface area contributed by atoms with E-state index in [2.05, 4.69) is 0 Å². The molecule has 2 aromatic rings. The zero-order chi connectivity index (χ0) is 24.4. The molecule has 2 aromatic carbocycles. The van der Waals surface area contributed by atoms with Crippen LogP contribution in [0.5, 0.6) is 0 Å². The second-order valence-electron chi connectivity index (χ2n) is 7.89. The number of anilines is 2. The standard InChI is InChI=1S/C20H28N2O8S2.2Na.2H/c1-11-5-13(3-4-18(11)21)20-14(6-15(23)9-31(25,26)27)7-19(22)12(2)17(20)8-16(24)10-32(28,29)30;;;;/h3-5,7,15-16,23-24H,6,8-10,21-22H2,1-2H3,(H,25,26,27)(H,28,29,30);;;;. The van der Waals surface area contributed by atoms with Crippen molar-refractivity contribution in [1.29, 1.82) is 0 Å². The van der Waals surface area contributed by atoms with Crippen molar-refractivity contribution < 1.29 is 36.2 Å². The average molecular weight is 537 g/mol. The maximum atomic E-state index is 11.2. The van der Waals surface area contributed by atoms with Crippen LogP contribution in [0.2, 0.25) is 0 Å². The first kappa shape index (κ1) is 33.8. The molecule has 0 saturated carbocycles. The Bertz CT molecular complexity index is 1220. The van der Waals surface area contributed by atoms with Gasteiger partial charge in [-0.2, -0.15) is 16.8 Å². The van der Waals surface area contributed by atoms with Gasteiger partial charge in [0.05, 0.1) is 12.2 Å². The number of hydrogen-bond acceptors (Lipinski definition) is 8. The van der Waals surface area contributed by atoms with Crippen molar-refractivity contribution in [2.75, 3.05) is 23.0 Å². The second-order valence-corrected chi connectivity index (χ2v) is 10.9. The van der Waals surface area contributed by atoms with Crippen molar-refractivity contribution in [1.82, 2.24) is 0 Å². The van der Waals surface area contributed by atoms with Crippen LogP contribution in [0.1, 0.15) is 22.3 Å². The van der Waals surface area contributed by atoms with E-state index in [1.165, 1.54) is 0 Å². The van der Waals surface area contributed by atoms with Crippen molar-refractivity contribution in [2.24, 2.45) is 0 Å². The summed E-state index contributed by atoms with van der Waals surface area (Å²) in [7, 11) is -8.87. The topological polar surface area (TPSA) is 201 Å². The molecule has 14 heteroatoms. The van der Waals surface area contributed by atoms with Gasteiger partial charge in [0.2, 0.25) is 0 Å². The third kappa shape index (κ3) is 10.0. The Kier molecular flexibility index (Phi) is 13.3. The van der Waals surface area contributed by atoms with Crippen LogP contribution in [-0.4, -0.2) is 119 Å². The zero-order valence-corrected chi connectivity index (χ0v) is 19.3. The molecule has 0 heterocycles. The molecule has 0 amide bonds. The van der Waals surface area contributed by atoms with Gasteiger partial charge < -0.3 is 21.7 Å². The van der Waals surface area contributed by atoms with E-state index in [9.17, 15) is 27.0 Å². The molecular weight excluding hydrogens is 506 g/mol. The van der Waals surface area contributed by atoms with Crippen LogP contribution < -0.4 is 11.5 Å². The minimum atomic E-state index is -4.44.